The summed E-state index contributed by atoms with van der Waals surface area (Å²) in [7, 11) is 0. The van der Waals surface area contributed by atoms with Crippen molar-refractivity contribution in [3.63, 3.8) is 0 Å². The average molecular weight is 499 g/mol. The highest BCUT2D eigenvalue weighted by molar-refractivity contribution is 6.02. The Balaban J connectivity index is 1.48. The first-order valence-corrected chi connectivity index (χ1v) is 12.6. The van der Waals surface area contributed by atoms with Gasteiger partial charge in [-0.2, -0.15) is 5.26 Å². The van der Waals surface area contributed by atoms with E-state index in [0.29, 0.717) is 37.7 Å². The fraction of sp³-hybridized carbons (Fsp3) is 0.357. The van der Waals surface area contributed by atoms with Crippen LogP contribution < -0.4 is 20.7 Å². The smallest absolute Gasteiger partial charge is 0.267 e. The molecule has 0 unspecified atom stereocenters. The number of para-hydroxylation sites is 1. The molecule has 1 atom stereocenters. The number of piperazine rings is 1. The largest absolute Gasteiger partial charge is 0.376 e. The van der Waals surface area contributed by atoms with Crippen LogP contribution in [0.2, 0.25) is 0 Å². The van der Waals surface area contributed by atoms with E-state index in [1.165, 1.54) is 10.5 Å². The van der Waals surface area contributed by atoms with E-state index in [1.54, 1.807) is 12.3 Å². The molecule has 190 valence electrons. The zero-order chi connectivity index (χ0) is 25.8. The molecular formula is C28H30N6O3. The molecule has 9 nitrogen and oxygen atoms in total. The van der Waals surface area contributed by atoms with E-state index in [1.807, 2.05) is 37.3 Å². The van der Waals surface area contributed by atoms with Crippen LogP contribution in [-0.2, 0) is 9.53 Å². The molecular weight excluding hydrogens is 468 g/mol. The molecule has 0 radical (unpaired) electrons. The molecule has 0 spiro atoms. The first-order valence-electron chi connectivity index (χ1n) is 12.6. The molecule has 5 rings (SSSR count). The molecule has 0 bridgehead atoms. The Hall–Kier alpha value is -4.16. The third-order valence-electron chi connectivity index (χ3n) is 6.93. The van der Waals surface area contributed by atoms with Crippen molar-refractivity contribution < 1.29 is 9.53 Å². The lowest BCUT2D eigenvalue weighted by Crippen LogP contribution is -2.47. The zero-order valence-electron chi connectivity index (χ0n) is 20.9. The number of anilines is 2. The minimum absolute atomic E-state index is 0.0451. The molecule has 2 aromatic heterocycles. The van der Waals surface area contributed by atoms with E-state index < -0.39 is 5.91 Å². The number of pyridine rings is 1. The molecule has 2 saturated heterocycles. The average Bonchev–Trinajstić information content (AvgIpc) is 3.46. The molecule has 1 amide bonds. The summed E-state index contributed by atoms with van der Waals surface area (Å²) >= 11 is 0. The van der Waals surface area contributed by atoms with Crippen LogP contribution in [0.15, 0.2) is 59.0 Å². The van der Waals surface area contributed by atoms with Gasteiger partial charge in [-0.1, -0.05) is 24.3 Å². The second-order valence-electron chi connectivity index (χ2n) is 9.36. The van der Waals surface area contributed by atoms with Gasteiger partial charge in [-0.3, -0.25) is 14.0 Å². The summed E-state index contributed by atoms with van der Waals surface area (Å²) in [5.74, 6) is -0.0294. The highest BCUT2D eigenvalue weighted by atomic mass is 16.5. The topological polar surface area (TPSA) is 103 Å². The number of aryl methyl sites for hydroxylation is 1. The van der Waals surface area contributed by atoms with Gasteiger partial charge in [0, 0.05) is 51.2 Å². The van der Waals surface area contributed by atoms with E-state index in [9.17, 15) is 14.9 Å². The van der Waals surface area contributed by atoms with E-state index in [0.717, 1.165) is 37.2 Å². The zero-order valence-corrected chi connectivity index (χ0v) is 20.9. The maximum atomic E-state index is 13.7. The highest BCUT2D eigenvalue weighted by Crippen LogP contribution is 2.24. The van der Waals surface area contributed by atoms with E-state index >= 15 is 0 Å². The third-order valence-corrected chi connectivity index (χ3v) is 6.93. The van der Waals surface area contributed by atoms with Gasteiger partial charge in [0.2, 0.25) is 0 Å². The number of ether oxygens (including phenoxy) is 1. The number of aromatic nitrogens is 2. The molecule has 2 aliphatic heterocycles. The summed E-state index contributed by atoms with van der Waals surface area (Å²) in [4.78, 5) is 35.7. The number of hydrogen-bond acceptors (Lipinski definition) is 7. The predicted octanol–water partition coefficient (Wildman–Crippen LogP) is 2.53. The van der Waals surface area contributed by atoms with Crippen LogP contribution in [0.1, 0.15) is 24.0 Å². The van der Waals surface area contributed by atoms with E-state index in [4.69, 9.17) is 9.72 Å². The number of amides is 1. The van der Waals surface area contributed by atoms with Gasteiger partial charge < -0.3 is 19.9 Å². The minimum Gasteiger partial charge on any atom is -0.376 e. The van der Waals surface area contributed by atoms with Crippen molar-refractivity contribution in [1.82, 2.24) is 14.7 Å². The maximum absolute atomic E-state index is 13.7. The van der Waals surface area contributed by atoms with Gasteiger partial charge in [0.05, 0.1) is 11.7 Å². The van der Waals surface area contributed by atoms with Crippen molar-refractivity contribution in [2.24, 2.45) is 0 Å². The maximum Gasteiger partial charge on any atom is 0.267 e. The fourth-order valence-electron chi connectivity index (χ4n) is 4.88. The molecule has 1 aromatic carbocycles. The van der Waals surface area contributed by atoms with E-state index in [2.05, 4.69) is 27.2 Å². The van der Waals surface area contributed by atoms with Crippen LogP contribution in [0.3, 0.4) is 0 Å². The predicted molar refractivity (Wildman–Crippen MR) is 143 cm³/mol. The number of hydrogen-bond donors (Lipinski definition) is 1. The Kier molecular flexibility index (Phi) is 7.19. The van der Waals surface area contributed by atoms with Crippen LogP contribution in [-0.4, -0.2) is 60.7 Å². The summed E-state index contributed by atoms with van der Waals surface area (Å²) in [5.41, 5.74) is 2.38. The molecule has 2 aliphatic rings. The van der Waals surface area contributed by atoms with Crippen LogP contribution in [0.5, 0.6) is 0 Å². The van der Waals surface area contributed by atoms with Gasteiger partial charge >= 0.3 is 0 Å². The number of nitriles is 1. The first kappa shape index (κ1) is 24.5. The Labute approximate surface area is 215 Å². The second-order valence-corrected chi connectivity index (χ2v) is 9.36. The van der Waals surface area contributed by atoms with Gasteiger partial charge in [0.15, 0.2) is 0 Å². The third kappa shape index (κ3) is 5.20. The molecule has 37 heavy (non-hydrogen) atoms. The Morgan fingerprint density at radius 1 is 1.16 bits per heavy atom. The SMILES string of the molecule is Cc1cccn2c(=O)c(/C=C(\C#N)C(=O)NC[C@H]3CCCO3)c(N3CCN(c4ccccc4)CC3)nc12. The monoisotopic (exact) mass is 498 g/mol. The van der Waals surface area contributed by atoms with Crippen LogP contribution in [0, 0.1) is 18.3 Å². The molecule has 4 heterocycles. The number of carbonyl (C=O) groups is 1. The standard InChI is InChI=1S/C28H30N6O3/c1-20-7-5-11-34-25(20)31-26(33-14-12-32(13-15-33)22-8-3-2-4-9-22)24(28(34)36)17-21(18-29)27(35)30-19-23-10-6-16-37-23/h2-5,7-9,11,17,23H,6,10,12-16,19H2,1H3,(H,30,35)/b21-17+/t23-/m1/s1. The van der Waals surface area contributed by atoms with E-state index in [-0.39, 0.29) is 22.8 Å². The number of nitrogens with one attached hydrogen (secondary N) is 1. The molecule has 1 N–H and O–H groups in total. The normalized spacial score (nSPS) is 18.2. The Morgan fingerprint density at radius 3 is 2.62 bits per heavy atom. The number of benzene rings is 1. The van der Waals surface area contributed by atoms with Gasteiger partial charge in [0.25, 0.3) is 11.5 Å². The van der Waals surface area contributed by atoms with Crippen molar-refractivity contribution in [3.8, 4) is 6.07 Å². The first-order chi connectivity index (χ1) is 18.0. The number of rotatable bonds is 6. The molecule has 3 aromatic rings. The van der Waals surface area contributed by atoms with Crippen molar-refractivity contribution in [3.05, 3.63) is 75.7 Å². The molecule has 2 fully saturated rings. The van der Waals surface area contributed by atoms with Gasteiger partial charge in [-0.05, 0) is 49.6 Å². The molecule has 0 saturated carbocycles. The quantitative estimate of drug-likeness (QED) is 0.412. The van der Waals surface area contributed by atoms with Crippen molar-refractivity contribution in [2.45, 2.75) is 25.9 Å². The van der Waals surface area contributed by atoms with Crippen LogP contribution in [0.25, 0.3) is 11.7 Å². The molecule has 9 heteroatoms. The summed E-state index contributed by atoms with van der Waals surface area (Å²) in [6.45, 7) is 5.74. The van der Waals surface area contributed by atoms with Crippen molar-refractivity contribution in [1.29, 1.82) is 5.26 Å². The number of fused-ring (bicyclic) bond motifs is 1. The van der Waals surface area contributed by atoms with Crippen molar-refractivity contribution >= 4 is 29.1 Å². The van der Waals surface area contributed by atoms with Crippen LogP contribution >= 0.6 is 0 Å². The Morgan fingerprint density at radius 2 is 1.92 bits per heavy atom. The fourth-order valence-corrected chi connectivity index (χ4v) is 4.88. The van der Waals surface area contributed by atoms with Crippen molar-refractivity contribution in [2.75, 3.05) is 49.1 Å². The summed E-state index contributed by atoms with van der Waals surface area (Å²) in [5, 5.41) is 12.6. The van der Waals surface area contributed by atoms with Gasteiger partial charge in [-0.25, -0.2) is 4.98 Å². The van der Waals surface area contributed by atoms with Crippen LogP contribution in [0.4, 0.5) is 11.5 Å². The molecule has 0 aliphatic carbocycles. The van der Waals surface area contributed by atoms with Gasteiger partial charge in [0.1, 0.15) is 23.1 Å². The summed E-state index contributed by atoms with van der Waals surface area (Å²) in [6.07, 6.45) is 4.83. The highest BCUT2D eigenvalue weighted by Gasteiger charge is 2.24. The second kappa shape index (κ2) is 10.8. The number of nitrogens with zero attached hydrogens (tertiary/aromatic N) is 5. The van der Waals surface area contributed by atoms with Gasteiger partial charge in [-0.15, -0.1) is 0 Å². The summed E-state index contributed by atoms with van der Waals surface area (Å²) < 4.78 is 7.04. The number of carbonyl (C=O) groups excluding carboxylic acids is 1. The summed E-state index contributed by atoms with van der Waals surface area (Å²) in [6, 6.07) is 15.9. The minimum atomic E-state index is -0.522. The lowest BCUT2D eigenvalue weighted by molar-refractivity contribution is -0.117. The lowest BCUT2D eigenvalue weighted by atomic mass is 10.1. The Bertz CT molecular complexity index is 1410. The lowest BCUT2D eigenvalue weighted by Gasteiger charge is -2.37.